The minimum atomic E-state index is 0.0527. The van der Waals surface area contributed by atoms with Crippen LogP contribution in [-0.2, 0) is 11.2 Å². The molecule has 16 heavy (non-hydrogen) atoms. The summed E-state index contributed by atoms with van der Waals surface area (Å²) in [6.45, 7) is 0.594. The number of nitrogens with two attached hydrogens (primary N) is 1. The molecule has 1 aliphatic rings. The molecule has 0 amide bonds. The van der Waals surface area contributed by atoms with Crippen LogP contribution in [0.2, 0.25) is 0 Å². The van der Waals surface area contributed by atoms with E-state index in [-0.39, 0.29) is 6.04 Å². The Balaban J connectivity index is 1.91. The van der Waals surface area contributed by atoms with Gasteiger partial charge in [-0.1, -0.05) is 12.8 Å². The van der Waals surface area contributed by atoms with Gasteiger partial charge in [-0.3, -0.25) is 4.68 Å². The number of aromatic nitrogens is 2. The van der Waals surface area contributed by atoms with E-state index in [4.69, 9.17) is 10.5 Å². The number of rotatable bonds is 5. The lowest BCUT2D eigenvalue weighted by Crippen LogP contribution is -2.28. The van der Waals surface area contributed by atoms with E-state index in [1.807, 2.05) is 0 Å². The van der Waals surface area contributed by atoms with Gasteiger partial charge in [0.15, 0.2) is 0 Å². The molecule has 2 N–H and O–H groups in total. The maximum atomic E-state index is 5.90. The average molecular weight is 223 g/mol. The van der Waals surface area contributed by atoms with Crippen molar-refractivity contribution in [3.63, 3.8) is 0 Å². The van der Waals surface area contributed by atoms with Crippen molar-refractivity contribution in [2.75, 3.05) is 13.7 Å². The molecule has 0 bridgehead atoms. The molecule has 0 aliphatic heterocycles. The minimum Gasteiger partial charge on any atom is -0.383 e. The summed E-state index contributed by atoms with van der Waals surface area (Å²) in [5.74, 6) is 0. The topological polar surface area (TPSA) is 53.1 Å². The molecule has 4 heteroatoms. The van der Waals surface area contributed by atoms with Crippen LogP contribution < -0.4 is 5.73 Å². The smallest absolute Gasteiger partial charge is 0.0641 e. The van der Waals surface area contributed by atoms with Crippen LogP contribution in [0, 0.1) is 0 Å². The summed E-state index contributed by atoms with van der Waals surface area (Å²) < 4.78 is 7.14. The third-order valence-electron chi connectivity index (χ3n) is 3.21. The predicted molar refractivity (Wildman–Crippen MR) is 63.3 cm³/mol. The summed E-state index contributed by atoms with van der Waals surface area (Å²) in [6.07, 6.45) is 8.10. The lowest BCUT2D eigenvalue weighted by atomic mass is 10.2. The second-order valence-corrected chi connectivity index (χ2v) is 4.64. The monoisotopic (exact) mass is 223 g/mol. The largest absolute Gasteiger partial charge is 0.383 e. The molecule has 1 unspecified atom stereocenters. The average Bonchev–Trinajstić information content (AvgIpc) is 2.86. The van der Waals surface area contributed by atoms with E-state index in [9.17, 15) is 0 Å². The molecule has 4 nitrogen and oxygen atoms in total. The van der Waals surface area contributed by atoms with Gasteiger partial charge < -0.3 is 10.5 Å². The Bertz CT molecular complexity index is 318. The third kappa shape index (κ3) is 2.83. The standard InChI is InChI=1S/C12H21N3O/c1-16-9-10(13)8-11-6-7-15(14-11)12-4-2-3-5-12/h6-7,10,12H,2-5,8-9,13H2,1H3. The van der Waals surface area contributed by atoms with Crippen molar-refractivity contribution in [2.45, 2.75) is 44.2 Å². The first-order chi connectivity index (χ1) is 7.79. The zero-order valence-electron chi connectivity index (χ0n) is 9.93. The van der Waals surface area contributed by atoms with E-state index in [0.29, 0.717) is 12.6 Å². The lowest BCUT2D eigenvalue weighted by molar-refractivity contribution is 0.179. The quantitative estimate of drug-likeness (QED) is 0.823. The second kappa shape index (κ2) is 5.46. The highest BCUT2D eigenvalue weighted by Crippen LogP contribution is 2.28. The zero-order chi connectivity index (χ0) is 11.4. The molecule has 1 aromatic heterocycles. The summed E-state index contributed by atoms with van der Waals surface area (Å²) in [4.78, 5) is 0. The highest BCUT2D eigenvalue weighted by atomic mass is 16.5. The fourth-order valence-electron chi connectivity index (χ4n) is 2.40. The summed E-state index contributed by atoms with van der Waals surface area (Å²) in [5.41, 5.74) is 6.98. The Morgan fingerprint density at radius 2 is 2.31 bits per heavy atom. The van der Waals surface area contributed by atoms with Gasteiger partial charge in [0.1, 0.15) is 0 Å². The molecule has 0 aromatic carbocycles. The number of nitrogens with zero attached hydrogens (tertiary/aromatic N) is 2. The minimum absolute atomic E-state index is 0.0527. The number of hydrogen-bond donors (Lipinski definition) is 1. The Morgan fingerprint density at radius 1 is 1.56 bits per heavy atom. The van der Waals surface area contributed by atoms with Crippen LogP contribution in [0.15, 0.2) is 12.3 Å². The number of methoxy groups -OCH3 is 1. The van der Waals surface area contributed by atoms with Crippen LogP contribution in [0.1, 0.15) is 37.4 Å². The van der Waals surface area contributed by atoms with Crippen molar-refractivity contribution >= 4 is 0 Å². The van der Waals surface area contributed by atoms with Crippen LogP contribution in [-0.4, -0.2) is 29.5 Å². The molecule has 1 saturated carbocycles. The van der Waals surface area contributed by atoms with Crippen LogP contribution in [0.25, 0.3) is 0 Å². The molecule has 1 aromatic rings. The zero-order valence-corrected chi connectivity index (χ0v) is 9.93. The number of hydrogen-bond acceptors (Lipinski definition) is 3. The molecule has 90 valence electrons. The highest BCUT2D eigenvalue weighted by Gasteiger charge is 2.17. The van der Waals surface area contributed by atoms with Gasteiger partial charge in [-0.2, -0.15) is 5.10 Å². The lowest BCUT2D eigenvalue weighted by Gasteiger charge is -2.10. The molecular weight excluding hydrogens is 202 g/mol. The molecule has 1 fully saturated rings. The second-order valence-electron chi connectivity index (χ2n) is 4.64. The molecule has 1 aliphatic carbocycles. The Hall–Kier alpha value is -0.870. The van der Waals surface area contributed by atoms with Gasteiger partial charge in [0.2, 0.25) is 0 Å². The maximum absolute atomic E-state index is 5.90. The normalized spacial score (nSPS) is 19.1. The van der Waals surface area contributed by atoms with Crippen molar-refractivity contribution in [1.29, 1.82) is 0 Å². The van der Waals surface area contributed by atoms with E-state index >= 15 is 0 Å². The van der Waals surface area contributed by atoms with Crippen molar-refractivity contribution in [1.82, 2.24) is 9.78 Å². The molecular formula is C12H21N3O. The van der Waals surface area contributed by atoms with Gasteiger partial charge in [0, 0.05) is 25.8 Å². The van der Waals surface area contributed by atoms with Crippen molar-refractivity contribution in [3.8, 4) is 0 Å². The molecule has 0 spiro atoms. The van der Waals surface area contributed by atoms with Crippen LogP contribution in [0.3, 0.4) is 0 Å². The molecule has 1 heterocycles. The van der Waals surface area contributed by atoms with Crippen LogP contribution in [0.4, 0.5) is 0 Å². The van der Waals surface area contributed by atoms with Gasteiger partial charge in [-0.25, -0.2) is 0 Å². The Morgan fingerprint density at radius 3 is 3.00 bits per heavy atom. The van der Waals surface area contributed by atoms with E-state index in [0.717, 1.165) is 12.1 Å². The first kappa shape index (κ1) is 11.6. The van der Waals surface area contributed by atoms with E-state index in [1.165, 1.54) is 25.7 Å². The Kier molecular flexibility index (Phi) is 3.96. The van der Waals surface area contributed by atoms with Crippen molar-refractivity contribution in [3.05, 3.63) is 18.0 Å². The van der Waals surface area contributed by atoms with Crippen LogP contribution in [0.5, 0.6) is 0 Å². The molecule has 0 saturated heterocycles. The van der Waals surface area contributed by atoms with Crippen molar-refractivity contribution < 1.29 is 4.74 Å². The first-order valence-electron chi connectivity index (χ1n) is 6.08. The van der Waals surface area contributed by atoms with Crippen molar-refractivity contribution in [2.24, 2.45) is 5.73 Å². The number of ether oxygens (including phenoxy) is 1. The summed E-state index contributed by atoms with van der Waals surface area (Å²) >= 11 is 0. The van der Waals surface area contributed by atoms with E-state index in [2.05, 4.69) is 22.0 Å². The summed E-state index contributed by atoms with van der Waals surface area (Å²) in [6, 6.07) is 2.75. The van der Waals surface area contributed by atoms with Crippen LogP contribution >= 0.6 is 0 Å². The summed E-state index contributed by atoms with van der Waals surface area (Å²) in [5, 5.41) is 4.60. The molecule has 1 atom stereocenters. The maximum Gasteiger partial charge on any atom is 0.0641 e. The third-order valence-corrected chi connectivity index (χ3v) is 3.21. The summed E-state index contributed by atoms with van der Waals surface area (Å²) in [7, 11) is 1.68. The fraction of sp³-hybridized carbons (Fsp3) is 0.750. The predicted octanol–water partition coefficient (Wildman–Crippen LogP) is 1.51. The van der Waals surface area contributed by atoms with Gasteiger partial charge >= 0.3 is 0 Å². The Labute approximate surface area is 96.8 Å². The highest BCUT2D eigenvalue weighted by molar-refractivity contribution is 5.02. The molecule has 2 rings (SSSR count). The van der Waals surface area contributed by atoms with Gasteiger partial charge in [0.05, 0.1) is 18.3 Å². The fourth-order valence-corrected chi connectivity index (χ4v) is 2.40. The SMILES string of the molecule is COCC(N)Cc1ccn(C2CCCC2)n1. The van der Waals surface area contributed by atoms with Gasteiger partial charge in [0.25, 0.3) is 0 Å². The van der Waals surface area contributed by atoms with Gasteiger partial charge in [-0.05, 0) is 18.9 Å². The van der Waals surface area contributed by atoms with E-state index in [1.54, 1.807) is 7.11 Å². The van der Waals surface area contributed by atoms with E-state index < -0.39 is 0 Å². The molecule has 0 radical (unpaired) electrons. The van der Waals surface area contributed by atoms with Gasteiger partial charge in [-0.15, -0.1) is 0 Å². The first-order valence-corrected chi connectivity index (χ1v) is 6.08.